The Morgan fingerprint density at radius 1 is 1.25 bits per heavy atom. The second-order valence-corrected chi connectivity index (χ2v) is 6.29. The van der Waals surface area contributed by atoms with E-state index in [-0.39, 0.29) is 11.9 Å². The van der Waals surface area contributed by atoms with Crippen LogP contribution in [0.1, 0.15) is 30.0 Å². The largest absolute Gasteiger partial charge is 0.376 e. The van der Waals surface area contributed by atoms with E-state index in [0.29, 0.717) is 9.50 Å². The second kappa shape index (κ2) is 5.74. The number of anilines is 1. The Labute approximate surface area is 131 Å². The van der Waals surface area contributed by atoms with Crippen molar-refractivity contribution in [3.8, 4) is 0 Å². The van der Waals surface area contributed by atoms with Crippen molar-refractivity contribution in [2.45, 2.75) is 25.3 Å². The van der Waals surface area contributed by atoms with Crippen LogP contribution in [0, 0.1) is 5.82 Å². The van der Waals surface area contributed by atoms with E-state index in [0.717, 1.165) is 24.9 Å². The summed E-state index contributed by atoms with van der Waals surface area (Å²) in [5.74, 6) is -0.337. The highest BCUT2D eigenvalue weighted by atomic mass is 79.9. The second-order valence-electron chi connectivity index (χ2n) is 5.03. The molecule has 20 heavy (non-hydrogen) atoms. The molecule has 0 aromatic heterocycles. The van der Waals surface area contributed by atoms with E-state index in [9.17, 15) is 4.39 Å². The summed E-state index contributed by atoms with van der Waals surface area (Å²) >= 11 is 9.53. The number of hydrogen-bond donors (Lipinski definition) is 1. The van der Waals surface area contributed by atoms with E-state index >= 15 is 0 Å². The number of hydrogen-bond acceptors (Lipinski definition) is 1. The van der Waals surface area contributed by atoms with Crippen molar-refractivity contribution in [2.75, 3.05) is 5.32 Å². The Bertz CT molecular complexity index is 621. The zero-order valence-electron chi connectivity index (χ0n) is 10.8. The predicted molar refractivity (Wildman–Crippen MR) is 84.9 cm³/mol. The molecule has 3 rings (SSSR count). The van der Waals surface area contributed by atoms with Crippen LogP contribution in [0.15, 0.2) is 40.9 Å². The maximum absolute atomic E-state index is 13.3. The lowest BCUT2D eigenvalue weighted by atomic mass is 9.87. The smallest absolute Gasteiger partial charge is 0.125 e. The van der Waals surface area contributed by atoms with Gasteiger partial charge in [0.1, 0.15) is 5.82 Å². The summed E-state index contributed by atoms with van der Waals surface area (Å²) in [5, 5.41) is 3.86. The molecule has 0 radical (unpaired) electrons. The standard InChI is InChI=1S/C16H14BrClFN/c17-13-8-11(19)9-14(18)16(13)20-15-7-3-5-10-4-1-2-6-12(10)15/h1-2,4,6,8-9,15,20H,3,5,7H2. The lowest BCUT2D eigenvalue weighted by Gasteiger charge is -2.28. The molecule has 1 atom stereocenters. The number of aryl methyl sites for hydroxylation is 1. The number of rotatable bonds is 2. The molecule has 4 heteroatoms. The topological polar surface area (TPSA) is 12.0 Å². The Hall–Kier alpha value is -1.06. The molecular weight excluding hydrogens is 341 g/mol. The van der Waals surface area contributed by atoms with Gasteiger partial charge in [0.2, 0.25) is 0 Å². The van der Waals surface area contributed by atoms with E-state index in [1.165, 1.54) is 23.3 Å². The first-order valence-electron chi connectivity index (χ1n) is 6.64. The minimum Gasteiger partial charge on any atom is -0.376 e. The van der Waals surface area contributed by atoms with E-state index in [4.69, 9.17) is 11.6 Å². The molecule has 1 aliphatic rings. The van der Waals surface area contributed by atoms with Crippen LogP contribution in [0.4, 0.5) is 10.1 Å². The lowest BCUT2D eigenvalue weighted by Crippen LogP contribution is -2.17. The molecule has 1 unspecified atom stereocenters. The molecule has 0 spiro atoms. The predicted octanol–water partition coefficient (Wildman–Crippen LogP) is 5.73. The third-order valence-corrected chi connectivity index (χ3v) is 4.62. The number of benzene rings is 2. The van der Waals surface area contributed by atoms with Gasteiger partial charge >= 0.3 is 0 Å². The molecular formula is C16H14BrClFN. The third-order valence-electron chi connectivity index (χ3n) is 3.69. The summed E-state index contributed by atoms with van der Waals surface area (Å²) in [7, 11) is 0. The van der Waals surface area contributed by atoms with Crippen LogP contribution in [-0.2, 0) is 6.42 Å². The van der Waals surface area contributed by atoms with Gasteiger partial charge in [-0.15, -0.1) is 0 Å². The zero-order chi connectivity index (χ0) is 14.1. The van der Waals surface area contributed by atoms with E-state index in [1.807, 2.05) is 0 Å². The summed E-state index contributed by atoms with van der Waals surface area (Å²) < 4.78 is 13.9. The molecule has 104 valence electrons. The normalized spacial score (nSPS) is 17.6. The van der Waals surface area contributed by atoms with Gasteiger partial charge in [-0.3, -0.25) is 0 Å². The molecule has 1 aliphatic carbocycles. The fourth-order valence-corrected chi connectivity index (χ4v) is 3.68. The maximum Gasteiger partial charge on any atom is 0.125 e. The molecule has 0 amide bonds. The van der Waals surface area contributed by atoms with Crippen LogP contribution < -0.4 is 5.32 Å². The van der Waals surface area contributed by atoms with Crippen LogP contribution in [0.5, 0.6) is 0 Å². The summed E-state index contributed by atoms with van der Waals surface area (Å²) in [4.78, 5) is 0. The monoisotopic (exact) mass is 353 g/mol. The molecule has 0 aliphatic heterocycles. The molecule has 0 saturated heterocycles. The SMILES string of the molecule is Fc1cc(Cl)c(NC2CCCc3ccccc32)c(Br)c1. The van der Waals surface area contributed by atoms with Crippen LogP contribution in [-0.4, -0.2) is 0 Å². The van der Waals surface area contributed by atoms with E-state index in [2.05, 4.69) is 45.5 Å². The highest BCUT2D eigenvalue weighted by molar-refractivity contribution is 9.10. The molecule has 0 bridgehead atoms. The highest BCUT2D eigenvalue weighted by Gasteiger charge is 2.21. The Kier molecular flexibility index (Phi) is 3.99. The first kappa shape index (κ1) is 13.9. The van der Waals surface area contributed by atoms with Gasteiger partial charge in [0.05, 0.1) is 16.8 Å². The summed E-state index contributed by atoms with van der Waals surface area (Å²) in [5.41, 5.74) is 3.45. The zero-order valence-corrected chi connectivity index (χ0v) is 13.1. The van der Waals surface area contributed by atoms with Crippen LogP contribution in [0.2, 0.25) is 5.02 Å². The van der Waals surface area contributed by atoms with Gasteiger partial charge in [-0.25, -0.2) is 4.39 Å². The number of nitrogens with one attached hydrogen (secondary N) is 1. The minimum atomic E-state index is -0.337. The average molecular weight is 355 g/mol. The molecule has 0 saturated carbocycles. The van der Waals surface area contributed by atoms with Crippen LogP contribution in [0.3, 0.4) is 0 Å². The van der Waals surface area contributed by atoms with Crippen molar-refractivity contribution in [3.05, 3.63) is 62.8 Å². The number of fused-ring (bicyclic) bond motifs is 1. The van der Waals surface area contributed by atoms with Gasteiger partial charge < -0.3 is 5.32 Å². The van der Waals surface area contributed by atoms with Crippen molar-refractivity contribution < 1.29 is 4.39 Å². The first-order chi connectivity index (χ1) is 9.65. The van der Waals surface area contributed by atoms with Crippen molar-refractivity contribution >= 4 is 33.2 Å². The third kappa shape index (κ3) is 2.70. The molecule has 2 aromatic carbocycles. The van der Waals surface area contributed by atoms with Crippen molar-refractivity contribution in [1.82, 2.24) is 0 Å². The Morgan fingerprint density at radius 2 is 2.05 bits per heavy atom. The van der Waals surface area contributed by atoms with E-state index < -0.39 is 0 Å². The van der Waals surface area contributed by atoms with Gasteiger partial charge in [-0.05, 0) is 58.5 Å². The van der Waals surface area contributed by atoms with Crippen LogP contribution >= 0.6 is 27.5 Å². The molecule has 1 N–H and O–H groups in total. The summed E-state index contributed by atoms with van der Waals surface area (Å²) in [6, 6.07) is 11.4. The molecule has 2 aromatic rings. The maximum atomic E-state index is 13.3. The van der Waals surface area contributed by atoms with Gasteiger partial charge in [-0.1, -0.05) is 35.9 Å². The Morgan fingerprint density at radius 3 is 2.85 bits per heavy atom. The van der Waals surface area contributed by atoms with Crippen molar-refractivity contribution in [3.63, 3.8) is 0 Å². The van der Waals surface area contributed by atoms with Gasteiger partial charge in [-0.2, -0.15) is 0 Å². The van der Waals surface area contributed by atoms with Crippen LogP contribution in [0.25, 0.3) is 0 Å². The number of halogens is 3. The quantitative estimate of drug-likeness (QED) is 0.726. The van der Waals surface area contributed by atoms with Crippen molar-refractivity contribution in [1.29, 1.82) is 0 Å². The van der Waals surface area contributed by atoms with E-state index in [1.54, 1.807) is 0 Å². The van der Waals surface area contributed by atoms with Gasteiger partial charge in [0.25, 0.3) is 0 Å². The summed E-state index contributed by atoms with van der Waals surface area (Å²) in [6.45, 7) is 0. The summed E-state index contributed by atoms with van der Waals surface area (Å²) in [6.07, 6.45) is 3.31. The fraction of sp³-hybridized carbons (Fsp3) is 0.250. The highest BCUT2D eigenvalue weighted by Crippen LogP contribution is 2.38. The molecule has 0 heterocycles. The molecule has 1 nitrogen and oxygen atoms in total. The fourth-order valence-electron chi connectivity index (χ4n) is 2.76. The van der Waals surface area contributed by atoms with Gasteiger partial charge in [0.15, 0.2) is 0 Å². The first-order valence-corrected chi connectivity index (χ1v) is 7.81. The molecule has 0 fully saturated rings. The Balaban J connectivity index is 1.94. The lowest BCUT2D eigenvalue weighted by molar-refractivity contribution is 0.599. The van der Waals surface area contributed by atoms with Gasteiger partial charge in [0, 0.05) is 4.47 Å². The average Bonchev–Trinajstić information content (AvgIpc) is 2.43. The van der Waals surface area contributed by atoms with Crippen molar-refractivity contribution in [2.24, 2.45) is 0 Å². The minimum absolute atomic E-state index is 0.221.